The van der Waals surface area contributed by atoms with Gasteiger partial charge in [-0.05, 0) is 13.3 Å². The molecule has 0 heterocycles. The van der Waals surface area contributed by atoms with Gasteiger partial charge in [-0.3, -0.25) is 0 Å². The molecule has 6 heavy (non-hydrogen) atoms. The Bertz CT molecular complexity index is 21.5. The Morgan fingerprint density at radius 3 is 1.50 bits per heavy atom. The third kappa shape index (κ3) is 4.78. The summed E-state index contributed by atoms with van der Waals surface area (Å²) in [5.41, 5.74) is 0. The SMILES string of the molecule is CPOOPC. The second-order valence-electron chi connectivity index (χ2n) is 0.575. The molecule has 2 unspecified atom stereocenters. The van der Waals surface area contributed by atoms with Crippen molar-refractivity contribution in [1.29, 1.82) is 0 Å². The van der Waals surface area contributed by atoms with Crippen molar-refractivity contribution in [2.24, 2.45) is 0 Å². The van der Waals surface area contributed by atoms with Crippen LogP contribution in [-0.2, 0) is 9.35 Å². The minimum absolute atomic E-state index is 0.449. The molecular formula is C2H8O2P2. The maximum atomic E-state index is 4.52. The van der Waals surface area contributed by atoms with Crippen LogP contribution >= 0.6 is 17.6 Å². The van der Waals surface area contributed by atoms with Crippen LogP contribution in [0.15, 0.2) is 0 Å². The molecule has 0 saturated carbocycles. The van der Waals surface area contributed by atoms with Gasteiger partial charge in [-0.15, -0.1) is 0 Å². The Balaban J connectivity index is 2.34. The van der Waals surface area contributed by atoms with E-state index in [0.29, 0.717) is 17.6 Å². The van der Waals surface area contributed by atoms with E-state index in [2.05, 4.69) is 9.35 Å². The highest BCUT2D eigenvalue weighted by Gasteiger charge is 1.71. The van der Waals surface area contributed by atoms with Crippen LogP contribution in [0.5, 0.6) is 0 Å². The van der Waals surface area contributed by atoms with Gasteiger partial charge in [0.15, 0.2) is 0 Å². The molecule has 38 valence electrons. The summed E-state index contributed by atoms with van der Waals surface area (Å²) in [5.74, 6) is 0. The lowest BCUT2D eigenvalue weighted by Gasteiger charge is -1.91. The second-order valence-corrected chi connectivity index (χ2v) is 1.72. The Morgan fingerprint density at radius 1 is 1.00 bits per heavy atom. The third-order valence-corrected chi connectivity index (χ3v) is 0.875. The number of hydrogen-bond donors (Lipinski definition) is 0. The Hall–Kier alpha value is 0.780. The zero-order valence-electron chi connectivity index (χ0n) is 3.82. The fourth-order valence-electron chi connectivity index (χ4n) is 0.0833. The van der Waals surface area contributed by atoms with Crippen LogP contribution in [0.3, 0.4) is 0 Å². The molecule has 0 aliphatic heterocycles. The fourth-order valence-corrected chi connectivity index (χ4v) is 0.750. The highest BCUT2D eigenvalue weighted by atomic mass is 31.1. The first-order valence-corrected chi connectivity index (χ1v) is 4.39. The molecule has 0 amide bonds. The average molecular weight is 126 g/mol. The van der Waals surface area contributed by atoms with Crippen LogP contribution in [0.1, 0.15) is 0 Å². The topological polar surface area (TPSA) is 18.5 Å². The van der Waals surface area contributed by atoms with Crippen LogP contribution in [0.25, 0.3) is 0 Å². The van der Waals surface area contributed by atoms with E-state index in [9.17, 15) is 0 Å². The van der Waals surface area contributed by atoms with E-state index in [1.165, 1.54) is 0 Å². The van der Waals surface area contributed by atoms with Gasteiger partial charge in [-0.1, -0.05) is 0 Å². The van der Waals surface area contributed by atoms with E-state index >= 15 is 0 Å². The van der Waals surface area contributed by atoms with Crippen molar-refractivity contribution in [2.45, 2.75) is 0 Å². The Kier molecular flexibility index (Phi) is 6.53. The van der Waals surface area contributed by atoms with Gasteiger partial charge in [0.05, 0.1) is 17.6 Å². The van der Waals surface area contributed by atoms with Gasteiger partial charge in [0.2, 0.25) is 0 Å². The summed E-state index contributed by atoms with van der Waals surface area (Å²) in [7, 11) is 0.899. The lowest BCUT2D eigenvalue weighted by atomic mass is 12.0. The van der Waals surface area contributed by atoms with E-state index in [4.69, 9.17) is 0 Å². The summed E-state index contributed by atoms with van der Waals surface area (Å²) >= 11 is 0. The predicted molar refractivity (Wildman–Crippen MR) is 30.6 cm³/mol. The summed E-state index contributed by atoms with van der Waals surface area (Å²) < 4.78 is 9.05. The van der Waals surface area contributed by atoms with Gasteiger partial charge in [-0.25, -0.2) is 9.35 Å². The first-order chi connectivity index (χ1) is 2.91. The highest BCUT2D eigenvalue weighted by molar-refractivity contribution is 7.33. The van der Waals surface area contributed by atoms with E-state index < -0.39 is 0 Å². The van der Waals surface area contributed by atoms with Gasteiger partial charge in [-0.2, -0.15) is 0 Å². The monoisotopic (exact) mass is 126 g/mol. The molecule has 0 aliphatic carbocycles. The van der Waals surface area contributed by atoms with Gasteiger partial charge >= 0.3 is 0 Å². The van der Waals surface area contributed by atoms with Crippen molar-refractivity contribution in [3.63, 3.8) is 0 Å². The average Bonchev–Trinajstić information content (AvgIpc) is 1.61. The smallest absolute Gasteiger partial charge is 0.0537 e. The molecule has 2 atom stereocenters. The molecule has 0 bridgehead atoms. The molecule has 0 N–H and O–H groups in total. The maximum Gasteiger partial charge on any atom is 0.0537 e. The van der Waals surface area contributed by atoms with Crippen LogP contribution in [-0.4, -0.2) is 13.3 Å². The van der Waals surface area contributed by atoms with Crippen LogP contribution in [0, 0.1) is 0 Å². The fraction of sp³-hybridized carbons (Fsp3) is 1.00. The van der Waals surface area contributed by atoms with E-state index in [1.54, 1.807) is 0 Å². The quantitative estimate of drug-likeness (QED) is 0.246. The summed E-state index contributed by atoms with van der Waals surface area (Å²) in [6.07, 6.45) is 0. The molecule has 0 rings (SSSR count). The minimum atomic E-state index is 0.449. The molecule has 0 saturated heterocycles. The van der Waals surface area contributed by atoms with Crippen molar-refractivity contribution in [3.05, 3.63) is 0 Å². The van der Waals surface area contributed by atoms with E-state index in [-0.39, 0.29) is 0 Å². The van der Waals surface area contributed by atoms with Crippen molar-refractivity contribution in [1.82, 2.24) is 0 Å². The minimum Gasteiger partial charge on any atom is -0.216 e. The third-order valence-electron chi connectivity index (χ3n) is 0.208. The van der Waals surface area contributed by atoms with Crippen LogP contribution in [0.2, 0.25) is 0 Å². The highest BCUT2D eigenvalue weighted by Crippen LogP contribution is 2.13. The van der Waals surface area contributed by atoms with Gasteiger partial charge in [0, 0.05) is 0 Å². The summed E-state index contributed by atoms with van der Waals surface area (Å²) in [5, 5.41) is 0. The van der Waals surface area contributed by atoms with Crippen molar-refractivity contribution in [3.8, 4) is 0 Å². The zero-order valence-corrected chi connectivity index (χ0v) is 5.82. The summed E-state index contributed by atoms with van der Waals surface area (Å²) in [4.78, 5) is 0. The van der Waals surface area contributed by atoms with Gasteiger partial charge in [0.1, 0.15) is 0 Å². The van der Waals surface area contributed by atoms with Gasteiger partial charge in [0.25, 0.3) is 0 Å². The molecule has 0 spiro atoms. The second kappa shape index (κ2) is 5.78. The van der Waals surface area contributed by atoms with E-state index in [1.807, 2.05) is 13.3 Å². The lowest BCUT2D eigenvalue weighted by Crippen LogP contribution is -1.63. The predicted octanol–water partition coefficient (Wildman–Crippen LogP) is 1.38. The standard InChI is InChI=1S/C2H8O2P2/c1-5-3-4-6-2/h5-6H,1-2H3. The van der Waals surface area contributed by atoms with Crippen molar-refractivity contribution in [2.75, 3.05) is 13.3 Å². The van der Waals surface area contributed by atoms with Crippen molar-refractivity contribution >= 4 is 17.6 Å². The summed E-state index contributed by atoms with van der Waals surface area (Å²) in [6.45, 7) is 3.83. The molecule has 0 aliphatic rings. The summed E-state index contributed by atoms with van der Waals surface area (Å²) in [6, 6.07) is 0. The Morgan fingerprint density at radius 2 is 1.33 bits per heavy atom. The molecule has 4 heteroatoms. The molecule has 0 radical (unpaired) electrons. The zero-order chi connectivity index (χ0) is 4.83. The molecule has 0 aromatic heterocycles. The van der Waals surface area contributed by atoms with Gasteiger partial charge < -0.3 is 0 Å². The number of rotatable bonds is 3. The van der Waals surface area contributed by atoms with Crippen molar-refractivity contribution < 1.29 is 9.35 Å². The maximum absolute atomic E-state index is 4.52. The first-order valence-electron chi connectivity index (χ1n) is 1.57. The molecule has 0 fully saturated rings. The molecule has 0 aromatic rings. The van der Waals surface area contributed by atoms with Crippen LogP contribution < -0.4 is 0 Å². The largest absolute Gasteiger partial charge is 0.216 e. The Labute approximate surface area is 41.3 Å². The first kappa shape index (κ1) is 6.78. The van der Waals surface area contributed by atoms with E-state index in [0.717, 1.165) is 0 Å². The van der Waals surface area contributed by atoms with Crippen LogP contribution in [0.4, 0.5) is 0 Å². The normalized spacial score (nSPS) is 13.0. The lowest BCUT2D eigenvalue weighted by molar-refractivity contribution is -0.0655. The molecule has 2 nitrogen and oxygen atoms in total. The molecule has 0 aromatic carbocycles. The molecular weight excluding hydrogens is 118 g/mol. The number of hydrogen-bond acceptors (Lipinski definition) is 2.